The van der Waals surface area contributed by atoms with Gasteiger partial charge in [-0.05, 0) is 60.4 Å². The van der Waals surface area contributed by atoms with E-state index in [-0.39, 0.29) is 24.0 Å². The molecule has 1 saturated heterocycles. The van der Waals surface area contributed by atoms with Crippen LogP contribution in [0, 0.1) is 0 Å². The van der Waals surface area contributed by atoms with E-state index in [1.807, 2.05) is 43.3 Å². The van der Waals surface area contributed by atoms with Crippen LogP contribution >= 0.6 is 0 Å². The molecule has 3 aromatic carbocycles. The van der Waals surface area contributed by atoms with E-state index in [9.17, 15) is 19.5 Å². The van der Waals surface area contributed by atoms with Gasteiger partial charge in [0.05, 0.1) is 24.3 Å². The van der Waals surface area contributed by atoms with Gasteiger partial charge in [0.25, 0.3) is 11.7 Å². The number of Topliss-reactive ketones (excluding diaryl/α,β-unsaturated/α-hetero) is 1. The summed E-state index contributed by atoms with van der Waals surface area (Å²) < 4.78 is 10.6. The highest BCUT2D eigenvalue weighted by Crippen LogP contribution is 2.40. The molecule has 1 N–H and O–H groups in total. The average molecular weight is 498 g/mol. The minimum atomic E-state index is -0.807. The minimum Gasteiger partial charge on any atom is -0.507 e. The Morgan fingerprint density at radius 3 is 2.43 bits per heavy atom. The first-order valence-electron chi connectivity index (χ1n) is 12.2. The third-order valence-corrected chi connectivity index (χ3v) is 6.84. The summed E-state index contributed by atoms with van der Waals surface area (Å²) in [4.78, 5) is 40.0. The maximum absolute atomic E-state index is 13.3. The lowest BCUT2D eigenvalue weighted by molar-refractivity contribution is -0.139. The predicted molar refractivity (Wildman–Crippen MR) is 137 cm³/mol. The Morgan fingerprint density at radius 1 is 1.03 bits per heavy atom. The molecule has 2 aliphatic rings. The van der Waals surface area contributed by atoms with Gasteiger partial charge in [-0.1, -0.05) is 42.5 Å². The summed E-state index contributed by atoms with van der Waals surface area (Å²) in [5, 5.41) is 11.4. The molecule has 0 bridgehead atoms. The standard InChI is InChI=1S/C30H27NO6/c1-18-16-23-17-22(12-13-24(23)37-18)27(32)25-26(20-8-10-21(11-9-20)30(35)36-2)31(29(34)28(25)33)15-14-19-6-4-3-5-7-19/h3-13,17-18,26,32H,14-16H2,1-2H3/b27-25+/t18-,26-/m1/s1. The molecular weight excluding hydrogens is 470 g/mol. The van der Waals surface area contributed by atoms with Crippen molar-refractivity contribution in [3.63, 3.8) is 0 Å². The van der Waals surface area contributed by atoms with Crippen LogP contribution in [0.1, 0.15) is 45.6 Å². The predicted octanol–water partition coefficient (Wildman–Crippen LogP) is 4.46. The summed E-state index contributed by atoms with van der Waals surface area (Å²) in [7, 11) is 1.30. The number of amides is 1. The van der Waals surface area contributed by atoms with Crippen molar-refractivity contribution in [1.82, 2.24) is 4.90 Å². The number of benzene rings is 3. The number of hydrogen-bond acceptors (Lipinski definition) is 6. The topological polar surface area (TPSA) is 93.1 Å². The maximum Gasteiger partial charge on any atom is 0.337 e. The van der Waals surface area contributed by atoms with Gasteiger partial charge < -0.3 is 19.5 Å². The monoisotopic (exact) mass is 497 g/mol. The Kier molecular flexibility index (Phi) is 6.53. The number of ether oxygens (including phenoxy) is 2. The molecule has 3 aromatic rings. The second-order valence-electron chi connectivity index (χ2n) is 9.30. The number of likely N-dealkylation sites (tertiary alicyclic amines) is 1. The largest absolute Gasteiger partial charge is 0.507 e. The van der Waals surface area contributed by atoms with E-state index in [4.69, 9.17) is 9.47 Å². The number of fused-ring (bicyclic) bond motifs is 1. The van der Waals surface area contributed by atoms with Gasteiger partial charge in [-0.25, -0.2) is 4.79 Å². The third kappa shape index (κ3) is 4.60. The van der Waals surface area contributed by atoms with Crippen molar-refractivity contribution in [2.45, 2.75) is 31.9 Å². The number of ketones is 1. The van der Waals surface area contributed by atoms with E-state index < -0.39 is 23.7 Å². The normalized spacial score (nSPS) is 20.0. The molecule has 0 radical (unpaired) electrons. The Balaban J connectivity index is 1.57. The van der Waals surface area contributed by atoms with E-state index in [0.717, 1.165) is 16.9 Å². The second kappa shape index (κ2) is 9.93. The molecule has 0 saturated carbocycles. The first kappa shape index (κ1) is 24.3. The van der Waals surface area contributed by atoms with Gasteiger partial charge in [-0.2, -0.15) is 0 Å². The van der Waals surface area contributed by atoms with Crippen LogP contribution in [0.4, 0.5) is 0 Å². The van der Waals surface area contributed by atoms with Crippen LogP contribution in [0.3, 0.4) is 0 Å². The summed E-state index contributed by atoms with van der Waals surface area (Å²) >= 11 is 0. The van der Waals surface area contributed by atoms with Gasteiger partial charge in [0.15, 0.2) is 0 Å². The molecule has 0 aliphatic carbocycles. The molecule has 7 heteroatoms. The summed E-state index contributed by atoms with van der Waals surface area (Å²) in [5.74, 6) is -1.37. The fourth-order valence-electron chi connectivity index (χ4n) is 5.00. The highest BCUT2D eigenvalue weighted by molar-refractivity contribution is 6.46. The van der Waals surface area contributed by atoms with Crippen LogP contribution in [-0.4, -0.2) is 47.4 Å². The quantitative estimate of drug-likeness (QED) is 0.234. The lowest BCUT2D eigenvalue weighted by Crippen LogP contribution is -2.31. The summed E-state index contributed by atoms with van der Waals surface area (Å²) in [6, 6.07) is 20.7. The number of rotatable bonds is 6. The lowest BCUT2D eigenvalue weighted by Gasteiger charge is -2.25. The molecule has 2 heterocycles. The zero-order valence-corrected chi connectivity index (χ0v) is 20.6. The van der Waals surface area contributed by atoms with E-state index in [1.165, 1.54) is 12.0 Å². The average Bonchev–Trinajstić information content (AvgIpc) is 3.42. The summed E-state index contributed by atoms with van der Waals surface area (Å²) in [5.41, 5.74) is 3.40. The Hall–Kier alpha value is -4.39. The molecule has 7 nitrogen and oxygen atoms in total. The lowest BCUT2D eigenvalue weighted by atomic mass is 9.93. The molecule has 188 valence electrons. The summed E-state index contributed by atoms with van der Waals surface area (Å²) in [6.07, 6.45) is 1.27. The van der Waals surface area contributed by atoms with Crippen molar-refractivity contribution in [2.24, 2.45) is 0 Å². The number of carbonyl (C=O) groups excluding carboxylic acids is 3. The number of carbonyl (C=O) groups is 3. The number of aliphatic hydroxyl groups is 1. The molecule has 2 atom stereocenters. The number of hydrogen-bond donors (Lipinski definition) is 1. The van der Waals surface area contributed by atoms with E-state index in [1.54, 1.807) is 36.4 Å². The molecule has 2 aliphatic heterocycles. The molecule has 1 amide bonds. The molecule has 5 rings (SSSR count). The van der Waals surface area contributed by atoms with Crippen molar-refractivity contribution in [2.75, 3.05) is 13.7 Å². The van der Waals surface area contributed by atoms with Gasteiger partial charge >= 0.3 is 5.97 Å². The van der Waals surface area contributed by atoms with Crippen molar-refractivity contribution in [3.05, 3.63) is 106 Å². The maximum atomic E-state index is 13.3. The van der Waals surface area contributed by atoms with Crippen molar-refractivity contribution >= 4 is 23.4 Å². The number of methoxy groups -OCH3 is 1. The van der Waals surface area contributed by atoms with E-state index in [2.05, 4.69) is 0 Å². The highest BCUT2D eigenvalue weighted by Gasteiger charge is 2.46. The zero-order chi connectivity index (χ0) is 26.1. The van der Waals surface area contributed by atoms with Gasteiger partial charge in [0, 0.05) is 18.5 Å². The Morgan fingerprint density at radius 2 is 1.73 bits per heavy atom. The number of esters is 1. The van der Waals surface area contributed by atoms with Crippen LogP contribution < -0.4 is 4.74 Å². The highest BCUT2D eigenvalue weighted by atomic mass is 16.5. The molecule has 0 spiro atoms. The minimum absolute atomic E-state index is 0.0239. The first-order chi connectivity index (χ1) is 17.9. The van der Waals surface area contributed by atoms with Crippen molar-refractivity contribution in [3.8, 4) is 5.75 Å². The van der Waals surface area contributed by atoms with Crippen molar-refractivity contribution < 1.29 is 29.0 Å². The van der Waals surface area contributed by atoms with Crippen LogP contribution in [0.15, 0.2) is 78.4 Å². The molecule has 1 fully saturated rings. The van der Waals surface area contributed by atoms with Gasteiger partial charge in [-0.3, -0.25) is 9.59 Å². The van der Waals surface area contributed by atoms with E-state index >= 15 is 0 Å². The van der Waals surface area contributed by atoms with Crippen LogP contribution in [0.25, 0.3) is 5.76 Å². The molecular formula is C30H27NO6. The Bertz CT molecular complexity index is 1390. The first-order valence-corrected chi connectivity index (χ1v) is 12.2. The summed E-state index contributed by atoms with van der Waals surface area (Å²) in [6.45, 7) is 2.25. The van der Waals surface area contributed by atoms with Gasteiger partial charge in [0.2, 0.25) is 0 Å². The molecule has 37 heavy (non-hydrogen) atoms. The number of nitrogens with zero attached hydrogens (tertiary/aromatic N) is 1. The van der Waals surface area contributed by atoms with Crippen molar-refractivity contribution in [1.29, 1.82) is 0 Å². The molecule has 0 aromatic heterocycles. The van der Waals surface area contributed by atoms with Gasteiger partial charge in [0.1, 0.15) is 17.6 Å². The Labute approximate surface area is 214 Å². The second-order valence-corrected chi connectivity index (χ2v) is 9.30. The SMILES string of the molecule is COC(=O)c1ccc([C@@H]2/C(=C(\O)c3ccc4c(c3)C[C@@H](C)O4)C(=O)C(=O)N2CCc2ccccc2)cc1. The van der Waals surface area contributed by atoms with Crippen LogP contribution in [-0.2, 0) is 27.2 Å². The fourth-order valence-corrected chi connectivity index (χ4v) is 5.00. The third-order valence-electron chi connectivity index (χ3n) is 6.84. The fraction of sp³-hybridized carbons (Fsp3) is 0.233. The van der Waals surface area contributed by atoms with Crippen LogP contribution in [0.5, 0.6) is 5.75 Å². The number of aliphatic hydroxyl groups excluding tert-OH is 1. The molecule has 0 unspecified atom stereocenters. The smallest absolute Gasteiger partial charge is 0.337 e. The zero-order valence-electron chi connectivity index (χ0n) is 20.6. The van der Waals surface area contributed by atoms with Crippen LogP contribution in [0.2, 0.25) is 0 Å². The van der Waals surface area contributed by atoms with Gasteiger partial charge in [-0.15, -0.1) is 0 Å². The van der Waals surface area contributed by atoms with E-state index in [0.29, 0.717) is 29.5 Å².